The average Bonchev–Trinajstić information content (AvgIpc) is 2.38. The van der Waals surface area contributed by atoms with Crippen LogP contribution in [0.15, 0.2) is 12.3 Å². The highest BCUT2D eigenvalue weighted by molar-refractivity contribution is 7.86. The van der Waals surface area contributed by atoms with Gasteiger partial charge in [0.15, 0.2) is 0 Å². The van der Waals surface area contributed by atoms with Gasteiger partial charge in [-0.05, 0) is 25.8 Å². The monoisotopic (exact) mass is 284 g/mol. The van der Waals surface area contributed by atoms with Crippen LogP contribution in [0.5, 0.6) is 0 Å². The van der Waals surface area contributed by atoms with Gasteiger partial charge in [0.1, 0.15) is 5.82 Å². The molecule has 0 aromatic carbocycles. The summed E-state index contributed by atoms with van der Waals surface area (Å²) in [6.45, 7) is 2.93. The van der Waals surface area contributed by atoms with Crippen molar-refractivity contribution in [3.05, 3.63) is 23.8 Å². The molecule has 1 fully saturated rings. The molecule has 2 heterocycles. The number of hydrogen-bond donors (Lipinski definition) is 0. The van der Waals surface area contributed by atoms with Crippen LogP contribution in [0.1, 0.15) is 30.3 Å². The van der Waals surface area contributed by atoms with Gasteiger partial charge >= 0.3 is 0 Å². The van der Waals surface area contributed by atoms with Crippen molar-refractivity contribution in [3.63, 3.8) is 0 Å². The number of rotatable bonds is 3. The molecule has 6 nitrogen and oxygen atoms in total. The Morgan fingerprint density at radius 2 is 2.16 bits per heavy atom. The fraction of sp³-hybridized carbons (Fsp3) is 0.667. The second-order valence-electron chi connectivity index (χ2n) is 5.02. The Morgan fingerprint density at radius 1 is 1.42 bits per heavy atom. The van der Waals surface area contributed by atoms with Gasteiger partial charge in [-0.2, -0.15) is 17.0 Å². The minimum Gasteiger partial charge on any atom is -0.242 e. The summed E-state index contributed by atoms with van der Waals surface area (Å²) >= 11 is 0. The first-order chi connectivity index (χ1) is 8.91. The van der Waals surface area contributed by atoms with Crippen LogP contribution >= 0.6 is 0 Å². The van der Waals surface area contributed by atoms with E-state index >= 15 is 0 Å². The lowest BCUT2D eigenvalue weighted by atomic mass is 9.96. The molecule has 0 unspecified atom stereocenters. The standard InChI is InChI=1S/C12H20N4O2S/c1-10-13-7-6-12(14-10)11-5-4-8-16(9-11)19(17,18)15(2)3/h6-7,11H,4-5,8-9H2,1-3H3/t11-/m0/s1. The van der Waals surface area contributed by atoms with Crippen molar-refractivity contribution in [2.45, 2.75) is 25.7 Å². The minimum absolute atomic E-state index is 0.158. The van der Waals surface area contributed by atoms with Crippen LogP contribution in [-0.2, 0) is 10.2 Å². The second-order valence-corrected chi connectivity index (χ2v) is 7.16. The third kappa shape index (κ3) is 3.10. The zero-order valence-electron chi connectivity index (χ0n) is 11.6. The highest BCUT2D eigenvalue weighted by Crippen LogP contribution is 2.27. The number of aryl methyl sites for hydroxylation is 1. The van der Waals surface area contributed by atoms with Gasteiger partial charge in [0.05, 0.1) is 0 Å². The maximum Gasteiger partial charge on any atom is 0.281 e. The van der Waals surface area contributed by atoms with Gasteiger partial charge < -0.3 is 0 Å². The number of nitrogens with zero attached hydrogens (tertiary/aromatic N) is 4. The molecule has 19 heavy (non-hydrogen) atoms. The summed E-state index contributed by atoms with van der Waals surface area (Å²) in [5, 5.41) is 0. The normalized spacial score (nSPS) is 21.8. The molecule has 0 spiro atoms. The molecule has 1 atom stereocenters. The lowest BCUT2D eigenvalue weighted by Crippen LogP contribution is -2.45. The molecule has 0 radical (unpaired) electrons. The molecule has 1 saturated heterocycles. The van der Waals surface area contributed by atoms with E-state index in [4.69, 9.17) is 0 Å². The Bertz CT molecular complexity index is 544. The summed E-state index contributed by atoms with van der Waals surface area (Å²) in [6.07, 6.45) is 3.56. The topological polar surface area (TPSA) is 66.4 Å². The summed E-state index contributed by atoms with van der Waals surface area (Å²) in [5.41, 5.74) is 0.936. The molecular formula is C12H20N4O2S. The molecule has 1 aromatic heterocycles. The van der Waals surface area contributed by atoms with Crippen molar-refractivity contribution in [2.24, 2.45) is 0 Å². The number of aromatic nitrogens is 2. The van der Waals surface area contributed by atoms with Crippen LogP contribution in [0.4, 0.5) is 0 Å². The largest absolute Gasteiger partial charge is 0.281 e. The van der Waals surface area contributed by atoms with Crippen LogP contribution in [-0.4, -0.2) is 54.2 Å². The van der Waals surface area contributed by atoms with E-state index < -0.39 is 10.2 Å². The predicted octanol–water partition coefficient (Wildman–Crippen LogP) is 0.771. The molecule has 2 rings (SSSR count). The zero-order valence-corrected chi connectivity index (χ0v) is 12.4. The van der Waals surface area contributed by atoms with Crippen molar-refractivity contribution < 1.29 is 8.42 Å². The van der Waals surface area contributed by atoms with Gasteiger partial charge in [-0.1, -0.05) is 0 Å². The first-order valence-electron chi connectivity index (χ1n) is 6.38. The molecule has 1 aliphatic heterocycles. The lowest BCUT2D eigenvalue weighted by Gasteiger charge is -2.33. The molecule has 7 heteroatoms. The van der Waals surface area contributed by atoms with Crippen molar-refractivity contribution in [3.8, 4) is 0 Å². The van der Waals surface area contributed by atoms with E-state index in [2.05, 4.69) is 9.97 Å². The number of hydrogen-bond acceptors (Lipinski definition) is 4. The molecule has 0 amide bonds. The smallest absolute Gasteiger partial charge is 0.242 e. The van der Waals surface area contributed by atoms with E-state index in [1.807, 2.05) is 13.0 Å². The van der Waals surface area contributed by atoms with Gasteiger partial charge in [-0.15, -0.1) is 0 Å². The molecule has 0 aliphatic carbocycles. The van der Waals surface area contributed by atoms with E-state index in [-0.39, 0.29) is 5.92 Å². The fourth-order valence-electron chi connectivity index (χ4n) is 2.33. The van der Waals surface area contributed by atoms with Crippen molar-refractivity contribution in [1.82, 2.24) is 18.6 Å². The highest BCUT2D eigenvalue weighted by Gasteiger charge is 2.31. The first kappa shape index (κ1) is 14.4. The summed E-state index contributed by atoms with van der Waals surface area (Å²) < 4.78 is 27.1. The Labute approximate surface area is 114 Å². The van der Waals surface area contributed by atoms with E-state index in [0.717, 1.165) is 24.4 Å². The average molecular weight is 284 g/mol. The second kappa shape index (κ2) is 5.52. The Kier molecular flexibility index (Phi) is 4.17. The summed E-state index contributed by atoms with van der Waals surface area (Å²) in [4.78, 5) is 8.49. The maximum absolute atomic E-state index is 12.1. The summed E-state index contributed by atoms with van der Waals surface area (Å²) in [5.74, 6) is 0.885. The SMILES string of the molecule is Cc1nccc([C@H]2CCCN(S(=O)(=O)N(C)C)C2)n1. The van der Waals surface area contributed by atoms with Gasteiger partial charge in [0.25, 0.3) is 10.2 Å². The molecule has 106 valence electrons. The van der Waals surface area contributed by atoms with Gasteiger partial charge in [0, 0.05) is 45.0 Å². The van der Waals surface area contributed by atoms with E-state index in [9.17, 15) is 8.42 Å². The molecular weight excluding hydrogens is 264 g/mol. The van der Waals surface area contributed by atoms with Crippen molar-refractivity contribution in [1.29, 1.82) is 0 Å². The Hall–Kier alpha value is -1.05. The molecule has 1 aliphatic rings. The van der Waals surface area contributed by atoms with Gasteiger partial charge in [-0.25, -0.2) is 9.97 Å². The Morgan fingerprint density at radius 3 is 2.79 bits per heavy atom. The van der Waals surface area contributed by atoms with Crippen LogP contribution in [0, 0.1) is 6.92 Å². The third-order valence-corrected chi connectivity index (χ3v) is 5.29. The Balaban J connectivity index is 2.18. The minimum atomic E-state index is -3.33. The highest BCUT2D eigenvalue weighted by atomic mass is 32.2. The lowest BCUT2D eigenvalue weighted by molar-refractivity contribution is 0.296. The third-order valence-electron chi connectivity index (χ3n) is 3.39. The van der Waals surface area contributed by atoms with Gasteiger partial charge in [0.2, 0.25) is 0 Å². The van der Waals surface area contributed by atoms with Gasteiger partial charge in [-0.3, -0.25) is 0 Å². The first-order valence-corrected chi connectivity index (χ1v) is 7.78. The zero-order chi connectivity index (χ0) is 14.0. The predicted molar refractivity (Wildman–Crippen MR) is 72.9 cm³/mol. The fourth-order valence-corrected chi connectivity index (χ4v) is 3.52. The summed E-state index contributed by atoms with van der Waals surface area (Å²) in [7, 11) is -0.201. The van der Waals surface area contributed by atoms with Crippen LogP contribution in [0.25, 0.3) is 0 Å². The van der Waals surface area contributed by atoms with Crippen molar-refractivity contribution >= 4 is 10.2 Å². The molecule has 0 bridgehead atoms. The maximum atomic E-state index is 12.1. The number of piperidine rings is 1. The van der Waals surface area contributed by atoms with Crippen molar-refractivity contribution in [2.75, 3.05) is 27.2 Å². The van der Waals surface area contributed by atoms with Crippen LogP contribution in [0.3, 0.4) is 0 Å². The van der Waals surface area contributed by atoms with Crippen LogP contribution < -0.4 is 0 Å². The molecule has 0 N–H and O–H groups in total. The molecule has 1 aromatic rings. The molecule has 0 saturated carbocycles. The quantitative estimate of drug-likeness (QED) is 0.822. The van der Waals surface area contributed by atoms with E-state index in [1.165, 1.54) is 4.31 Å². The van der Waals surface area contributed by atoms with E-state index in [1.54, 1.807) is 24.6 Å². The summed E-state index contributed by atoms with van der Waals surface area (Å²) in [6, 6.07) is 1.88. The van der Waals surface area contributed by atoms with E-state index in [0.29, 0.717) is 13.1 Å². The van der Waals surface area contributed by atoms with Crippen LogP contribution in [0.2, 0.25) is 0 Å².